The van der Waals surface area contributed by atoms with Crippen LogP contribution in [0, 0.1) is 6.92 Å². The van der Waals surface area contributed by atoms with Gasteiger partial charge in [0.05, 0.1) is 22.3 Å². The van der Waals surface area contributed by atoms with E-state index in [1.807, 2.05) is 13.0 Å². The average molecular weight is 294 g/mol. The van der Waals surface area contributed by atoms with E-state index >= 15 is 0 Å². The lowest BCUT2D eigenvalue weighted by atomic mass is 10.0. The maximum atomic E-state index is 6.53. The molecule has 0 spiro atoms. The van der Waals surface area contributed by atoms with Gasteiger partial charge in [-0.05, 0) is 18.9 Å². The highest BCUT2D eigenvalue weighted by Gasteiger charge is 2.18. The normalized spacial score (nSPS) is 11.9. The molecule has 98 valence electrons. The highest BCUT2D eigenvalue weighted by Crippen LogP contribution is 2.38. The third kappa shape index (κ3) is 1.80. The van der Waals surface area contributed by atoms with Crippen molar-refractivity contribution < 1.29 is 0 Å². The summed E-state index contributed by atoms with van der Waals surface area (Å²) >= 11 is 12.8. The van der Waals surface area contributed by atoms with Crippen molar-refractivity contribution in [3.63, 3.8) is 0 Å². The van der Waals surface area contributed by atoms with Gasteiger partial charge >= 0.3 is 0 Å². The summed E-state index contributed by atoms with van der Waals surface area (Å²) in [6, 6.07) is 2.01. The van der Waals surface area contributed by atoms with Crippen molar-refractivity contribution in [1.29, 1.82) is 0 Å². The number of aryl methyl sites for hydroxylation is 1. The molecule has 5 heteroatoms. The quantitative estimate of drug-likeness (QED) is 0.652. The van der Waals surface area contributed by atoms with E-state index in [-0.39, 0.29) is 5.92 Å². The van der Waals surface area contributed by atoms with Crippen LogP contribution in [0.15, 0.2) is 12.3 Å². The lowest BCUT2D eigenvalue weighted by molar-refractivity contribution is 0.862. The Morgan fingerprint density at radius 1 is 1.26 bits per heavy atom. The van der Waals surface area contributed by atoms with E-state index in [4.69, 9.17) is 23.2 Å². The predicted molar refractivity (Wildman–Crippen MR) is 80.2 cm³/mol. The molecule has 2 aromatic heterocycles. The molecule has 2 heterocycles. The molecule has 0 atom stereocenters. The molecular weight excluding hydrogens is 281 g/mol. The maximum Gasteiger partial charge on any atom is 0.134 e. The number of rotatable bonds is 1. The number of aromatic amines is 1. The minimum absolute atomic E-state index is 0.234. The molecule has 19 heavy (non-hydrogen) atoms. The molecular formula is C14H13Cl2N3. The standard InChI is InChI=1S/C14H13Cl2N3/c1-6(2)10-11(15)9-4-8-5-17-19-12(8)7(3)13(9)18-14(10)16/h4-6H,1-3H3,(H,17,19). The monoisotopic (exact) mass is 293 g/mol. The van der Waals surface area contributed by atoms with E-state index in [0.717, 1.165) is 32.9 Å². The van der Waals surface area contributed by atoms with Crippen LogP contribution in [0.5, 0.6) is 0 Å². The van der Waals surface area contributed by atoms with Crippen molar-refractivity contribution >= 4 is 45.0 Å². The topological polar surface area (TPSA) is 41.6 Å². The molecule has 0 fully saturated rings. The molecule has 0 saturated heterocycles. The Labute approximate surface area is 120 Å². The molecule has 0 aliphatic carbocycles. The molecule has 3 rings (SSSR count). The molecule has 0 unspecified atom stereocenters. The minimum Gasteiger partial charge on any atom is -0.277 e. The van der Waals surface area contributed by atoms with Crippen LogP contribution in [0.25, 0.3) is 21.8 Å². The first-order valence-electron chi connectivity index (χ1n) is 6.12. The highest BCUT2D eigenvalue weighted by molar-refractivity contribution is 6.39. The Kier molecular flexibility index (Phi) is 2.91. The molecule has 1 aromatic carbocycles. The fourth-order valence-electron chi connectivity index (χ4n) is 2.45. The predicted octanol–water partition coefficient (Wildman–Crippen LogP) is 4.85. The van der Waals surface area contributed by atoms with Crippen LogP contribution in [0.2, 0.25) is 10.2 Å². The number of hydrogen-bond acceptors (Lipinski definition) is 2. The Hall–Kier alpha value is -1.32. The number of halogens is 2. The summed E-state index contributed by atoms with van der Waals surface area (Å²) in [5, 5.41) is 10.2. The summed E-state index contributed by atoms with van der Waals surface area (Å²) in [6.45, 7) is 6.12. The van der Waals surface area contributed by atoms with Crippen molar-refractivity contribution in [2.75, 3.05) is 0 Å². The van der Waals surface area contributed by atoms with E-state index in [1.165, 1.54) is 0 Å². The fraction of sp³-hybridized carbons (Fsp3) is 0.286. The molecule has 3 aromatic rings. The van der Waals surface area contributed by atoms with E-state index in [0.29, 0.717) is 10.2 Å². The fourth-order valence-corrected chi connectivity index (χ4v) is 3.34. The van der Waals surface area contributed by atoms with Gasteiger partial charge in [-0.2, -0.15) is 5.10 Å². The molecule has 0 bridgehead atoms. The van der Waals surface area contributed by atoms with Crippen molar-refractivity contribution in [3.05, 3.63) is 33.6 Å². The summed E-state index contributed by atoms with van der Waals surface area (Å²) in [6.07, 6.45) is 1.79. The second-order valence-corrected chi connectivity index (χ2v) is 5.75. The Bertz CT molecular complexity index is 790. The molecule has 0 aliphatic heterocycles. The van der Waals surface area contributed by atoms with Crippen LogP contribution < -0.4 is 0 Å². The zero-order chi connectivity index (χ0) is 13.7. The van der Waals surface area contributed by atoms with Crippen LogP contribution in [-0.4, -0.2) is 15.2 Å². The van der Waals surface area contributed by atoms with Gasteiger partial charge in [-0.15, -0.1) is 0 Å². The van der Waals surface area contributed by atoms with Crippen molar-refractivity contribution in [3.8, 4) is 0 Å². The Morgan fingerprint density at radius 2 is 2.00 bits per heavy atom. The third-order valence-electron chi connectivity index (χ3n) is 3.44. The van der Waals surface area contributed by atoms with Crippen molar-refractivity contribution in [2.45, 2.75) is 26.7 Å². The first-order chi connectivity index (χ1) is 9.00. The number of nitrogens with zero attached hydrogens (tertiary/aromatic N) is 2. The molecule has 3 nitrogen and oxygen atoms in total. The molecule has 1 N–H and O–H groups in total. The number of aromatic nitrogens is 3. The van der Waals surface area contributed by atoms with Gasteiger partial charge in [0.15, 0.2) is 0 Å². The highest BCUT2D eigenvalue weighted by atomic mass is 35.5. The van der Waals surface area contributed by atoms with Gasteiger partial charge in [-0.25, -0.2) is 4.98 Å². The lowest BCUT2D eigenvalue weighted by Crippen LogP contribution is -1.97. The van der Waals surface area contributed by atoms with Crippen molar-refractivity contribution in [2.24, 2.45) is 0 Å². The summed E-state index contributed by atoms with van der Waals surface area (Å²) in [7, 11) is 0. The average Bonchev–Trinajstić information content (AvgIpc) is 2.79. The van der Waals surface area contributed by atoms with E-state index in [2.05, 4.69) is 29.0 Å². The summed E-state index contributed by atoms with van der Waals surface area (Å²) < 4.78 is 0. The summed E-state index contributed by atoms with van der Waals surface area (Å²) in [4.78, 5) is 4.52. The van der Waals surface area contributed by atoms with E-state index < -0.39 is 0 Å². The summed E-state index contributed by atoms with van der Waals surface area (Å²) in [5.74, 6) is 0.234. The van der Waals surface area contributed by atoms with Crippen LogP contribution >= 0.6 is 23.2 Å². The Balaban J connectivity index is 2.52. The van der Waals surface area contributed by atoms with Gasteiger partial charge in [0, 0.05) is 21.9 Å². The van der Waals surface area contributed by atoms with Crippen molar-refractivity contribution in [1.82, 2.24) is 15.2 Å². The largest absolute Gasteiger partial charge is 0.277 e. The van der Waals surface area contributed by atoms with Gasteiger partial charge < -0.3 is 0 Å². The van der Waals surface area contributed by atoms with Crippen LogP contribution in [-0.2, 0) is 0 Å². The number of benzene rings is 1. The molecule has 0 radical (unpaired) electrons. The summed E-state index contributed by atoms with van der Waals surface area (Å²) in [5.41, 5.74) is 3.72. The first kappa shape index (κ1) is 12.7. The smallest absolute Gasteiger partial charge is 0.134 e. The van der Waals surface area contributed by atoms with Crippen LogP contribution in [0.1, 0.15) is 30.9 Å². The number of H-pyrrole nitrogens is 1. The zero-order valence-electron chi connectivity index (χ0n) is 10.9. The van der Waals surface area contributed by atoms with E-state index in [1.54, 1.807) is 6.20 Å². The first-order valence-corrected chi connectivity index (χ1v) is 6.87. The minimum atomic E-state index is 0.234. The molecule has 0 saturated carbocycles. The van der Waals surface area contributed by atoms with E-state index in [9.17, 15) is 0 Å². The van der Waals surface area contributed by atoms with Gasteiger partial charge in [0.2, 0.25) is 0 Å². The maximum absolute atomic E-state index is 6.53. The number of nitrogens with one attached hydrogen (secondary N) is 1. The molecule has 0 amide bonds. The SMILES string of the molecule is Cc1c2nc(Cl)c(C(C)C)c(Cl)c2cc2cn[nH]c12. The second kappa shape index (κ2) is 4.36. The van der Waals surface area contributed by atoms with Crippen LogP contribution in [0.4, 0.5) is 0 Å². The third-order valence-corrected chi connectivity index (χ3v) is 4.13. The number of hydrogen-bond donors (Lipinski definition) is 1. The number of pyridine rings is 1. The molecule has 0 aliphatic rings. The second-order valence-electron chi connectivity index (χ2n) is 5.02. The van der Waals surface area contributed by atoms with Gasteiger partial charge in [-0.1, -0.05) is 37.0 Å². The number of fused-ring (bicyclic) bond motifs is 2. The van der Waals surface area contributed by atoms with Gasteiger partial charge in [0.25, 0.3) is 0 Å². The van der Waals surface area contributed by atoms with Gasteiger partial charge in [0.1, 0.15) is 5.15 Å². The lowest BCUT2D eigenvalue weighted by Gasteiger charge is -2.14. The van der Waals surface area contributed by atoms with Gasteiger partial charge in [-0.3, -0.25) is 5.10 Å². The van der Waals surface area contributed by atoms with Crippen LogP contribution in [0.3, 0.4) is 0 Å². The zero-order valence-corrected chi connectivity index (χ0v) is 12.4. The Morgan fingerprint density at radius 3 is 2.68 bits per heavy atom.